The van der Waals surface area contributed by atoms with Gasteiger partial charge in [0.05, 0.1) is 24.8 Å². The molecule has 2 heterocycles. The molecule has 0 unspecified atom stereocenters. The first-order chi connectivity index (χ1) is 15.5. The summed E-state index contributed by atoms with van der Waals surface area (Å²) in [7, 11) is 0. The number of fused-ring (bicyclic) bond motifs is 1. The molecule has 1 aliphatic heterocycles. The molecule has 4 rings (SSSR count). The highest BCUT2D eigenvalue weighted by Gasteiger charge is 2.25. The fraction of sp³-hybridized carbons (Fsp3) is 0.375. The van der Waals surface area contributed by atoms with E-state index in [1.807, 2.05) is 34.7 Å². The number of Topliss-reactive ketones (excluding diaryl/α,β-unsaturated/α-hetero) is 1. The number of nitrogens with zero attached hydrogens (tertiary/aromatic N) is 4. The van der Waals surface area contributed by atoms with Crippen molar-refractivity contribution < 1.29 is 14.0 Å². The van der Waals surface area contributed by atoms with Gasteiger partial charge in [0, 0.05) is 41.8 Å². The largest absolute Gasteiger partial charge is 0.324 e. The Labute approximate surface area is 186 Å². The number of piperidine rings is 1. The SMILES string of the molecule is CCn1ncc2ccc(N(Cc3ccc(C(=O)CN)cc3F)C(=O)N3CCCCC3)cc21. The summed E-state index contributed by atoms with van der Waals surface area (Å²) in [4.78, 5) is 28.8. The van der Waals surface area contributed by atoms with Gasteiger partial charge in [-0.3, -0.25) is 14.4 Å². The fourth-order valence-corrected chi connectivity index (χ4v) is 4.14. The average Bonchev–Trinajstić information content (AvgIpc) is 3.25. The van der Waals surface area contributed by atoms with Crippen molar-refractivity contribution in [3.63, 3.8) is 0 Å². The Morgan fingerprint density at radius 3 is 2.59 bits per heavy atom. The zero-order chi connectivity index (χ0) is 22.7. The number of aromatic nitrogens is 2. The number of benzene rings is 2. The van der Waals surface area contributed by atoms with Crippen molar-refractivity contribution in [2.24, 2.45) is 5.73 Å². The highest BCUT2D eigenvalue weighted by molar-refractivity contribution is 5.97. The molecular weight excluding hydrogens is 409 g/mol. The molecule has 0 spiro atoms. The molecule has 2 amide bonds. The molecule has 1 aliphatic rings. The van der Waals surface area contributed by atoms with Crippen LogP contribution >= 0.6 is 0 Å². The average molecular weight is 438 g/mol. The maximum absolute atomic E-state index is 14.9. The molecule has 0 atom stereocenters. The number of rotatable bonds is 6. The highest BCUT2D eigenvalue weighted by atomic mass is 19.1. The van der Waals surface area contributed by atoms with Crippen LogP contribution in [0, 0.1) is 5.82 Å². The molecular formula is C24H28FN5O2. The van der Waals surface area contributed by atoms with E-state index < -0.39 is 5.82 Å². The van der Waals surface area contributed by atoms with Gasteiger partial charge in [0.15, 0.2) is 5.78 Å². The third-order valence-electron chi connectivity index (χ3n) is 5.99. The molecule has 168 valence electrons. The number of urea groups is 1. The molecule has 1 saturated heterocycles. The molecule has 8 heteroatoms. The lowest BCUT2D eigenvalue weighted by atomic mass is 10.1. The van der Waals surface area contributed by atoms with E-state index in [4.69, 9.17) is 5.73 Å². The van der Waals surface area contributed by atoms with Crippen LogP contribution in [0.3, 0.4) is 0 Å². The Bertz CT molecular complexity index is 1140. The van der Waals surface area contributed by atoms with Crippen LogP contribution in [0.1, 0.15) is 42.1 Å². The summed E-state index contributed by atoms with van der Waals surface area (Å²) < 4.78 is 16.8. The molecule has 3 aromatic rings. The molecule has 0 saturated carbocycles. The Hall–Kier alpha value is -3.26. The van der Waals surface area contributed by atoms with Crippen molar-refractivity contribution in [1.82, 2.24) is 14.7 Å². The number of anilines is 1. The van der Waals surface area contributed by atoms with Crippen LogP contribution in [0.2, 0.25) is 0 Å². The van der Waals surface area contributed by atoms with Gasteiger partial charge in [0.2, 0.25) is 0 Å². The molecule has 2 aromatic carbocycles. The van der Waals surface area contributed by atoms with Crippen LogP contribution in [-0.4, -0.2) is 46.1 Å². The molecule has 1 fully saturated rings. The molecule has 0 radical (unpaired) electrons. The van der Waals surface area contributed by atoms with E-state index in [9.17, 15) is 14.0 Å². The molecule has 0 bridgehead atoms. The fourth-order valence-electron chi connectivity index (χ4n) is 4.14. The maximum Gasteiger partial charge on any atom is 0.324 e. The number of amides is 2. The van der Waals surface area contributed by atoms with E-state index >= 15 is 0 Å². The van der Waals surface area contributed by atoms with E-state index in [1.165, 1.54) is 6.07 Å². The Morgan fingerprint density at radius 2 is 1.91 bits per heavy atom. The molecule has 0 aliphatic carbocycles. The summed E-state index contributed by atoms with van der Waals surface area (Å²) in [6.45, 7) is 3.98. The summed E-state index contributed by atoms with van der Waals surface area (Å²) in [5.74, 6) is -0.851. The minimum atomic E-state index is -0.527. The second-order valence-corrected chi connectivity index (χ2v) is 8.05. The van der Waals surface area contributed by atoms with Gasteiger partial charge in [0.25, 0.3) is 0 Å². The summed E-state index contributed by atoms with van der Waals surface area (Å²) >= 11 is 0. The maximum atomic E-state index is 14.9. The molecule has 7 nitrogen and oxygen atoms in total. The molecule has 2 N–H and O–H groups in total. The van der Waals surface area contributed by atoms with Crippen LogP contribution in [-0.2, 0) is 13.1 Å². The quantitative estimate of drug-likeness (QED) is 0.592. The smallest absolute Gasteiger partial charge is 0.324 e. The van der Waals surface area contributed by atoms with Crippen LogP contribution in [0.25, 0.3) is 10.9 Å². The number of hydrogen-bond donors (Lipinski definition) is 1. The number of nitrogens with two attached hydrogens (primary N) is 1. The van der Waals surface area contributed by atoms with E-state index in [1.54, 1.807) is 23.2 Å². The van der Waals surface area contributed by atoms with Gasteiger partial charge in [0.1, 0.15) is 5.82 Å². The lowest BCUT2D eigenvalue weighted by Gasteiger charge is -2.33. The monoisotopic (exact) mass is 437 g/mol. The van der Waals surface area contributed by atoms with Gasteiger partial charge < -0.3 is 10.6 Å². The minimum absolute atomic E-state index is 0.0596. The molecule has 1 aromatic heterocycles. The first-order valence-corrected chi connectivity index (χ1v) is 11.1. The van der Waals surface area contributed by atoms with Gasteiger partial charge in [-0.25, -0.2) is 9.18 Å². The Kier molecular flexibility index (Phi) is 6.50. The highest BCUT2D eigenvalue weighted by Crippen LogP contribution is 2.27. The van der Waals surface area contributed by atoms with Gasteiger partial charge in [-0.05, 0) is 50.5 Å². The standard InChI is InChI=1S/C24H28FN5O2/c1-2-30-22-13-20(9-8-18(22)15-27-30)29(24(32)28-10-4-3-5-11-28)16-19-7-6-17(12-21(19)25)23(31)14-26/h6-9,12-13,15H,2-5,10-11,14,16,26H2,1H3. The second kappa shape index (κ2) is 9.48. The van der Waals surface area contributed by atoms with Crippen molar-refractivity contribution in [3.8, 4) is 0 Å². The number of carbonyl (C=O) groups excluding carboxylic acids is 2. The van der Waals surface area contributed by atoms with E-state index in [0.717, 1.165) is 30.2 Å². The number of aryl methyl sites for hydroxylation is 1. The van der Waals surface area contributed by atoms with Gasteiger partial charge in [-0.1, -0.05) is 12.1 Å². The van der Waals surface area contributed by atoms with Crippen LogP contribution in [0.15, 0.2) is 42.6 Å². The summed E-state index contributed by atoms with van der Waals surface area (Å²) in [5, 5.41) is 5.37. The Balaban J connectivity index is 1.71. The van der Waals surface area contributed by atoms with Gasteiger partial charge in [-0.15, -0.1) is 0 Å². The number of carbonyl (C=O) groups is 2. The third-order valence-corrected chi connectivity index (χ3v) is 5.99. The second-order valence-electron chi connectivity index (χ2n) is 8.05. The summed E-state index contributed by atoms with van der Waals surface area (Å²) in [6.07, 6.45) is 4.83. The predicted octanol–water partition coefficient (Wildman–Crippen LogP) is 3.95. The van der Waals surface area contributed by atoms with Crippen LogP contribution < -0.4 is 10.6 Å². The first kappa shape index (κ1) is 22.0. The van der Waals surface area contributed by atoms with Gasteiger partial charge in [-0.2, -0.15) is 5.10 Å². The lowest BCUT2D eigenvalue weighted by Crippen LogP contribution is -2.45. The minimum Gasteiger partial charge on any atom is -0.324 e. The lowest BCUT2D eigenvalue weighted by molar-refractivity contribution is 0.100. The van der Waals surface area contributed by atoms with E-state index in [-0.39, 0.29) is 30.5 Å². The number of ketones is 1. The summed E-state index contributed by atoms with van der Waals surface area (Å²) in [6, 6.07) is 9.90. The Morgan fingerprint density at radius 1 is 1.12 bits per heavy atom. The van der Waals surface area contributed by atoms with Crippen molar-refractivity contribution in [1.29, 1.82) is 0 Å². The van der Waals surface area contributed by atoms with E-state index in [2.05, 4.69) is 5.10 Å². The van der Waals surface area contributed by atoms with Crippen molar-refractivity contribution in [3.05, 3.63) is 59.5 Å². The third kappa shape index (κ3) is 4.36. The van der Waals surface area contributed by atoms with Crippen molar-refractivity contribution >= 4 is 28.4 Å². The summed E-state index contributed by atoms with van der Waals surface area (Å²) in [5.41, 5.74) is 7.57. The van der Waals surface area contributed by atoms with Crippen LogP contribution in [0.5, 0.6) is 0 Å². The predicted molar refractivity (Wildman–Crippen MR) is 122 cm³/mol. The molecule has 32 heavy (non-hydrogen) atoms. The van der Waals surface area contributed by atoms with E-state index in [0.29, 0.717) is 30.9 Å². The van der Waals surface area contributed by atoms with Gasteiger partial charge >= 0.3 is 6.03 Å². The number of halogens is 1. The number of hydrogen-bond acceptors (Lipinski definition) is 4. The topological polar surface area (TPSA) is 84.5 Å². The van der Waals surface area contributed by atoms with Crippen molar-refractivity contribution in [2.75, 3.05) is 24.5 Å². The zero-order valence-electron chi connectivity index (χ0n) is 18.3. The normalized spacial score (nSPS) is 14.0. The van der Waals surface area contributed by atoms with Crippen LogP contribution in [0.4, 0.5) is 14.9 Å². The first-order valence-electron chi connectivity index (χ1n) is 11.1. The zero-order valence-corrected chi connectivity index (χ0v) is 18.3. The number of likely N-dealkylation sites (tertiary alicyclic amines) is 1. The van der Waals surface area contributed by atoms with Crippen molar-refractivity contribution in [2.45, 2.75) is 39.3 Å².